The predicted octanol–water partition coefficient (Wildman–Crippen LogP) is 1.79. The van der Waals surface area contributed by atoms with E-state index in [0.717, 1.165) is 0 Å². The molecule has 0 rings (SSSR count). The molecule has 0 radical (unpaired) electrons. The summed E-state index contributed by atoms with van der Waals surface area (Å²) >= 11 is 0. The molecule has 0 heterocycles. The summed E-state index contributed by atoms with van der Waals surface area (Å²) < 4.78 is 9.30. The molecule has 0 bridgehead atoms. The van der Waals surface area contributed by atoms with Gasteiger partial charge in [-0.25, -0.2) is 9.59 Å². The smallest absolute Gasteiger partial charge is 0.333 e. The number of hydrogen-bond acceptors (Lipinski definition) is 4. The van der Waals surface area contributed by atoms with Gasteiger partial charge in [-0.05, 0) is 43.9 Å². The standard InChI is InChI=1S/C16H16O4/c1-4-14(2)16(18)20-13-11-9-7-5-6-8-10-12-15(17)19-3/h4,9-12H,13H2,1-3H3/b11-9+,12-10+,14-4-. The molecule has 20 heavy (non-hydrogen) atoms. The molecule has 0 aromatic rings. The molecule has 0 saturated heterocycles. The number of ether oxygens (including phenoxy) is 2. The highest BCUT2D eigenvalue weighted by atomic mass is 16.5. The number of allylic oxidation sites excluding steroid dienone is 3. The minimum atomic E-state index is -0.467. The fourth-order valence-electron chi connectivity index (χ4n) is 0.796. The third-order valence-corrected chi connectivity index (χ3v) is 1.98. The Kier molecular flexibility index (Phi) is 9.83. The van der Waals surface area contributed by atoms with E-state index in [0.29, 0.717) is 5.57 Å². The molecule has 0 atom stereocenters. The zero-order valence-corrected chi connectivity index (χ0v) is 11.7. The van der Waals surface area contributed by atoms with Crippen LogP contribution in [0.5, 0.6) is 0 Å². The quantitative estimate of drug-likeness (QED) is 0.445. The van der Waals surface area contributed by atoms with Gasteiger partial charge in [-0.3, -0.25) is 0 Å². The van der Waals surface area contributed by atoms with Crippen molar-refractivity contribution in [3.05, 3.63) is 36.0 Å². The molecule has 0 amide bonds. The second kappa shape index (κ2) is 11.4. The monoisotopic (exact) mass is 272 g/mol. The van der Waals surface area contributed by atoms with Gasteiger partial charge in [0.1, 0.15) is 6.61 Å². The Morgan fingerprint density at radius 2 is 1.80 bits per heavy atom. The minimum Gasteiger partial charge on any atom is -0.466 e. The van der Waals surface area contributed by atoms with Gasteiger partial charge in [-0.2, -0.15) is 0 Å². The molecule has 104 valence electrons. The van der Waals surface area contributed by atoms with Crippen LogP contribution in [0.1, 0.15) is 13.8 Å². The number of esters is 2. The van der Waals surface area contributed by atoms with Gasteiger partial charge in [0.25, 0.3) is 0 Å². The van der Waals surface area contributed by atoms with Gasteiger partial charge in [0, 0.05) is 11.6 Å². The van der Waals surface area contributed by atoms with E-state index in [9.17, 15) is 9.59 Å². The van der Waals surface area contributed by atoms with Gasteiger partial charge >= 0.3 is 11.9 Å². The molecule has 0 saturated carbocycles. The normalized spacial score (nSPS) is 10.4. The molecule has 0 spiro atoms. The Hall–Kier alpha value is -2.72. The van der Waals surface area contributed by atoms with E-state index in [1.807, 2.05) is 0 Å². The Balaban J connectivity index is 4.02. The molecular weight excluding hydrogens is 256 g/mol. The van der Waals surface area contributed by atoms with Crippen LogP contribution in [-0.2, 0) is 19.1 Å². The highest BCUT2D eigenvalue weighted by Crippen LogP contribution is 1.95. The summed E-state index contributed by atoms with van der Waals surface area (Å²) in [5, 5.41) is 0. The lowest BCUT2D eigenvalue weighted by Gasteiger charge is -1.99. The first kappa shape index (κ1) is 17.3. The van der Waals surface area contributed by atoms with E-state index in [-0.39, 0.29) is 12.6 Å². The first-order valence-electron chi connectivity index (χ1n) is 5.82. The van der Waals surface area contributed by atoms with E-state index in [4.69, 9.17) is 4.74 Å². The van der Waals surface area contributed by atoms with Crippen molar-refractivity contribution in [2.75, 3.05) is 13.7 Å². The maximum absolute atomic E-state index is 11.2. The van der Waals surface area contributed by atoms with Gasteiger partial charge in [-0.1, -0.05) is 17.9 Å². The maximum Gasteiger partial charge on any atom is 0.333 e. The molecule has 0 fully saturated rings. The summed E-state index contributed by atoms with van der Waals surface area (Å²) in [7, 11) is 1.29. The SMILES string of the molecule is C/C=C(/C)C(=O)OC/C=C/C#CC#C/C=C/C(=O)OC. The maximum atomic E-state index is 11.2. The van der Waals surface area contributed by atoms with Crippen LogP contribution in [0.3, 0.4) is 0 Å². The second-order valence-electron chi connectivity index (χ2n) is 3.37. The summed E-state index contributed by atoms with van der Waals surface area (Å²) in [5.74, 6) is 9.44. The van der Waals surface area contributed by atoms with E-state index in [1.54, 1.807) is 26.0 Å². The van der Waals surface area contributed by atoms with Gasteiger partial charge in [0.2, 0.25) is 0 Å². The fourth-order valence-corrected chi connectivity index (χ4v) is 0.796. The molecule has 0 unspecified atom stereocenters. The zero-order valence-electron chi connectivity index (χ0n) is 11.7. The first-order chi connectivity index (χ1) is 9.61. The average Bonchev–Trinajstić information content (AvgIpc) is 2.47. The molecular formula is C16H16O4. The van der Waals surface area contributed by atoms with Crippen molar-refractivity contribution in [3.8, 4) is 23.7 Å². The van der Waals surface area contributed by atoms with Crippen LogP contribution in [0.15, 0.2) is 36.0 Å². The molecule has 0 aliphatic rings. The number of hydrogen-bond donors (Lipinski definition) is 0. The molecule has 0 aromatic heterocycles. The second-order valence-corrected chi connectivity index (χ2v) is 3.37. The number of carbonyl (C=O) groups is 2. The van der Waals surface area contributed by atoms with Crippen molar-refractivity contribution < 1.29 is 19.1 Å². The van der Waals surface area contributed by atoms with Crippen LogP contribution in [0, 0.1) is 23.7 Å². The van der Waals surface area contributed by atoms with Crippen molar-refractivity contribution in [2.24, 2.45) is 0 Å². The molecule has 0 N–H and O–H groups in total. The van der Waals surface area contributed by atoms with Crippen LogP contribution in [0.4, 0.5) is 0 Å². The predicted molar refractivity (Wildman–Crippen MR) is 76.2 cm³/mol. The summed E-state index contributed by atoms with van der Waals surface area (Å²) in [6.07, 6.45) is 7.39. The van der Waals surface area contributed by atoms with Gasteiger partial charge in [-0.15, -0.1) is 0 Å². The van der Waals surface area contributed by atoms with Gasteiger partial charge in [0.15, 0.2) is 0 Å². The van der Waals surface area contributed by atoms with Crippen molar-refractivity contribution in [3.63, 3.8) is 0 Å². The van der Waals surface area contributed by atoms with E-state index in [1.165, 1.54) is 25.3 Å². The molecule has 4 heteroatoms. The zero-order chi connectivity index (χ0) is 15.2. The lowest BCUT2D eigenvalue weighted by molar-refractivity contribution is -0.138. The average molecular weight is 272 g/mol. The van der Waals surface area contributed by atoms with Crippen molar-refractivity contribution in [1.82, 2.24) is 0 Å². The van der Waals surface area contributed by atoms with E-state index >= 15 is 0 Å². The summed E-state index contributed by atoms with van der Waals surface area (Å²) in [6, 6.07) is 0. The van der Waals surface area contributed by atoms with Crippen LogP contribution in [-0.4, -0.2) is 25.7 Å². The Bertz CT molecular complexity index is 542. The van der Waals surface area contributed by atoms with Crippen LogP contribution >= 0.6 is 0 Å². The Morgan fingerprint density at radius 3 is 2.40 bits per heavy atom. The highest BCUT2D eigenvalue weighted by molar-refractivity contribution is 5.87. The van der Waals surface area contributed by atoms with E-state index < -0.39 is 5.97 Å². The van der Waals surface area contributed by atoms with Crippen LogP contribution in [0.2, 0.25) is 0 Å². The largest absolute Gasteiger partial charge is 0.466 e. The summed E-state index contributed by atoms with van der Waals surface area (Å²) in [5.41, 5.74) is 0.563. The number of methoxy groups -OCH3 is 1. The molecule has 4 nitrogen and oxygen atoms in total. The van der Waals surface area contributed by atoms with E-state index in [2.05, 4.69) is 28.4 Å². The Morgan fingerprint density at radius 1 is 1.15 bits per heavy atom. The number of carbonyl (C=O) groups excluding carboxylic acids is 2. The summed E-state index contributed by atoms with van der Waals surface area (Å²) in [6.45, 7) is 3.61. The molecule has 0 aliphatic heterocycles. The molecule has 0 aliphatic carbocycles. The third-order valence-electron chi connectivity index (χ3n) is 1.98. The van der Waals surface area contributed by atoms with Crippen molar-refractivity contribution >= 4 is 11.9 Å². The highest BCUT2D eigenvalue weighted by Gasteiger charge is 2.01. The fraction of sp³-hybridized carbons (Fsp3) is 0.250. The first-order valence-corrected chi connectivity index (χ1v) is 5.82. The third kappa shape index (κ3) is 9.32. The van der Waals surface area contributed by atoms with Gasteiger partial charge < -0.3 is 9.47 Å². The lowest BCUT2D eigenvalue weighted by Crippen LogP contribution is -2.05. The lowest BCUT2D eigenvalue weighted by atomic mass is 10.3. The van der Waals surface area contributed by atoms with Crippen LogP contribution in [0.25, 0.3) is 0 Å². The Labute approximate surface area is 119 Å². The number of rotatable bonds is 4. The van der Waals surface area contributed by atoms with Gasteiger partial charge in [0.05, 0.1) is 7.11 Å². The van der Waals surface area contributed by atoms with Crippen LogP contribution < -0.4 is 0 Å². The van der Waals surface area contributed by atoms with Crippen molar-refractivity contribution in [2.45, 2.75) is 13.8 Å². The molecule has 0 aromatic carbocycles. The minimum absolute atomic E-state index is 0.161. The van der Waals surface area contributed by atoms with Crippen molar-refractivity contribution in [1.29, 1.82) is 0 Å². The topological polar surface area (TPSA) is 52.6 Å². The summed E-state index contributed by atoms with van der Waals surface area (Å²) in [4.78, 5) is 21.9.